The summed E-state index contributed by atoms with van der Waals surface area (Å²) in [5.41, 5.74) is 0.914. The topological polar surface area (TPSA) is 38.8 Å². The molecule has 0 saturated carbocycles. The second-order valence-electron chi connectivity index (χ2n) is 4.86. The fourth-order valence-corrected chi connectivity index (χ4v) is 2.46. The van der Waals surface area contributed by atoms with Gasteiger partial charge in [0, 0.05) is 11.8 Å². The van der Waals surface area contributed by atoms with Gasteiger partial charge in [-0.2, -0.15) is 0 Å². The number of anilines is 1. The van der Waals surface area contributed by atoms with E-state index in [1.807, 2.05) is 0 Å². The first-order chi connectivity index (χ1) is 10.6. The Morgan fingerprint density at radius 1 is 1.14 bits per heavy atom. The molecular formula is C16H13F2NO3. The zero-order chi connectivity index (χ0) is 15.7. The van der Waals surface area contributed by atoms with Crippen LogP contribution in [0.3, 0.4) is 0 Å². The second-order valence-corrected chi connectivity index (χ2v) is 4.86. The maximum atomic E-state index is 13.4. The zero-order valence-corrected chi connectivity index (χ0v) is 11.8. The number of amides is 1. The SMILES string of the molecule is COc1ccc(N2C(=O)OC[C@@H]2c2cc(F)cc(F)c2)cc1. The largest absolute Gasteiger partial charge is 0.497 e. The van der Waals surface area contributed by atoms with Crippen molar-refractivity contribution in [2.24, 2.45) is 0 Å². The van der Waals surface area contributed by atoms with Crippen LogP contribution in [0.4, 0.5) is 19.3 Å². The number of methoxy groups -OCH3 is 1. The summed E-state index contributed by atoms with van der Waals surface area (Å²) in [6, 6.07) is 9.39. The molecule has 0 aliphatic carbocycles. The summed E-state index contributed by atoms with van der Waals surface area (Å²) in [6.45, 7) is 0.0355. The van der Waals surface area contributed by atoms with Crippen LogP contribution in [-0.2, 0) is 4.74 Å². The van der Waals surface area contributed by atoms with Gasteiger partial charge in [0.25, 0.3) is 0 Å². The summed E-state index contributed by atoms with van der Waals surface area (Å²) in [5, 5.41) is 0. The summed E-state index contributed by atoms with van der Waals surface area (Å²) >= 11 is 0. The Morgan fingerprint density at radius 3 is 2.36 bits per heavy atom. The van der Waals surface area contributed by atoms with Gasteiger partial charge in [-0.05, 0) is 42.0 Å². The Bertz CT molecular complexity index is 683. The lowest BCUT2D eigenvalue weighted by atomic mass is 10.1. The Hall–Kier alpha value is -2.63. The van der Waals surface area contributed by atoms with Gasteiger partial charge in [0.1, 0.15) is 24.0 Å². The molecule has 0 N–H and O–H groups in total. The van der Waals surface area contributed by atoms with E-state index in [9.17, 15) is 13.6 Å². The van der Waals surface area contributed by atoms with E-state index in [0.717, 1.165) is 6.07 Å². The van der Waals surface area contributed by atoms with Gasteiger partial charge in [-0.1, -0.05) is 0 Å². The number of hydrogen-bond donors (Lipinski definition) is 0. The Kier molecular flexibility index (Phi) is 3.66. The molecule has 1 heterocycles. The van der Waals surface area contributed by atoms with Crippen LogP contribution in [0.25, 0.3) is 0 Å². The first-order valence-corrected chi connectivity index (χ1v) is 6.64. The molecule has 114 valence electrons. The number of carbonyl (C=O) groups excluding carboxylic acids is 1. The summed E-state index contributed by atoms with van der Waals surface area (Å²) in [6.07, 6.45) is -0.556. The van der Waals surface area contributed by atoms with Crippen molar-refractivity contribution in [1.29, 1.82) is 0 Å². The van der Waals surface area contributed by atoms with Crippen LogP contribution in [0.5, 0.6) is 5.75 Å². The van der Waals surface area contributed by atoms with Crippen LogP contribution in [0.15, 0.2) is 42.5 Å². The third-order valence-electron chi connectivity index (χ3n) is 3.49. The first-order valence-electron chi connectivity index (χ1n) is 6.64. The van der Waals surface area contributed by atoms with Crippen LogP contribution in [-0.4, -0.2) is 19.8 Å². The lowest BCUT2D eigenvalue weighted by Gasteiger charge is -2.22. The van der Waals surface area contributed by atoms with Crippen LogP contribution in [0, 0.1) is 11.6 Å². The van der Waals surface area contributed by atoms with Crippen LogP contribution >= 0.6 is 0 Å². The molecule has 4 nitrogen and oxygen atoms in total. The van der Waals surface area contributed by atoms with Gasteiger partial charge in [-0.25, -0.2) is 13.6 Å². The van der Waals surface area contributed by atoms with Crippen molar-refractivity contribution in [1.82, 2.24) is 0 Å². The number of benzene rings is 2. The molecule has 0 unspecified atom stereocenters. The minimum absolute atomic E-state index is 0.0355. The molecular weight excluding hydrogens is 292 g/mol. The fraction of sp³-hybridized carbons (Fsp3) is 0.188. The van der Waals surface area contributed by atoms with Crippen LogP contribution < -0.4 is 9.64 Å². The van der Waals surface area contributed by atoms with E-state index < -0.39 is 23.8 Å². The molecule has 22 heavy (non-hydrogen) atoms. The average molecular weight is 305 g/mol. The zero-order valence-electron chi connectivity index (χ0n) is 11.8. The summed E-state index contributed by atoms with van der Waals surface area (Å²) in [5.74, 6) is -0.738. The molecule has 1 fully saturated rings. The lowest BCUT2D eigenvalue weighted by molar-refractivity contribution is 0.179. The van der Waals surface area contributed by atoms with Gasteiger partial charge >= 0.3 is 6.09 Å². The maximum Gasteiger partial charge on any atom is 0.415 e. The quantitative estimate of drug-likeness (QED) is 0.868. The van der Waals surface area contributed by atoms with Crippen molar-refractivity contribution < 1.29 is 23.0 Å². The fourth-order valence-electron chi connectivity index (χ4n) is 2.46. The van der Waals surface area contributed by atoms with E-state index in [1.54, 1.807) is 24.3 Å². The number of ether oxygens (including phenoxy) is 2. The van der Waals surface area contributed by atoms with Gasteiger partial charge in [0.05, 0.1) is 13.2 Å². The van der Waals surface area contributed by atoms with E-state index in [0.29, 0.717) is 17.0 Å². The summed E-state index contributed by atoms with van der Waals surface area (Å²) in [4.78, 5) is 13.3. The predicted octanol–water partition coefficient (Wildman–Crippen LogP) is 3.67. The second kappa shape index (κ2) is 5.63. The van der Waals surface area contributed by atoms with Crippen molar-refractivity contribution in [2.75, 3.05) is 18.6 Å². The van der Waals surface area contributed by atoms with Gasteiger partial charge in [-0.15, -0.1) is 0 Å². The average Bonchev–Trinajstić information content (AvgIpc) is 2.88. The molecule has 0 bridgehead atoms. The van der Waals surface area contributed by atoms with Crippen LogP contribution in [0.1, 0.15) is 11.6 Å². The summed E-state index contributed by atoms with van der Waals surface area (Å²) < 4.78 is 36.9. The Labute approximate surface area is 125 Å². The van der Waals surface area contributed by atoms with Crippen molar-refractivity contribution in [3.05, 3.63) is 59.7 Å². The number of nitrogens with zero attached hydrogens (tertiary/aromatic N) is 1. The smallest absolute Gasteiger partial charge is 0.415 e. The molecule has 1 aliphatic heterocycles. The van der Waals surface area contributed by atoms with Crippen molar-refractivity contribution in [3.8, 4) is 5.75 Å². The number of carbonyl (C=O) groups is 1. The molecule has 1 aliphatic rings. The number of halogens is 2. The van der Waals surface area contributed by atoms with E-state index in [1.165, 1.54) is 24.1 Å². The molecule has 1 atom stereocenters. The standard InChI is InChI=1S/C16H13F2NO3/c1-21-14-4-2-13(3-5-14)19-15(9-22-16(19)20)10-6-11(17)8-12(18)7-10/h2-8,15H,9H2,1H3/t15-/m1/s1. The number of hydrogen-bond acceptors (Lipinski definition) is 3. The summed E-state index contributed by atoms with van der Waals surface area (Å²) in [7, 11) is 1.54. The molecule has 0 aromatic heterocycles. The molecule has 0 radical (unpaired) electrons. The van der Waals surface area contributed by atoms with Crippen molar-refractivity contribution >= 4 is 11.8 Å². The van der Waals surface area contributed by atoms with Gasteiger partial charge < -0.3 is 9.47 Å². The minimum atomic E-state index is -0.691. The van der Waals surface area contributed by atoms with Crippen molar-refractivity contribution in [2.45, 2.75) is 6.04 Å². The van der Waals surface area contributed by atoms with E-state index >= 15 is 0 Å². The molecule has 2 aromatic rings. The highest BCUT2D eigenvalue weighted by atomic mass is 19.1. The van der Waals surface area contributed by atoms with E-state index in [4.69, 9.17) is 9.47 Å². The highest BCUT2D eigenvalue weighted by Gasteiger charge is 2.35. The molecule has 1 amide bonds. The number of cyclic esters (lactones) is 1. The molecule has 6 heteroatoms. The third kappa shape index (κ3) is 2.59. The van der Waals surface area contributed by atoms with E-state index in [2.05, 4.69) is 0 Å². The minimum Gasteiger partial charge on any atom is -0.497 e. The van der Waals surface area contributed by atoms with Gasteiger partial charge in [-0.3, -0.25) is 4.90 Å². The monoisotopic (exact) mass is 305 g/mol. The lowest BCUT2D eigenvalue weighted by Crippen LogP contribution is -2.27. The van der Waals surface area contributed by atoms with Gasteiger partial charge in [0.2, 0.25) is 0 Å². The van der Waals surface area contributed by atoms with Crippen molar-refractivity contribution in [3.63, 3.8) is 0 Å². The number of rotatable bonds is 3. The Morgan fingerprint density at radius 2 is 1.77 bits per heavy atom. The first kappa shape index (κ1) is 14.3. The maximum absolute atomic E-state index is 13.4. The normalized spacial score (nSPS) is 17.5. The molecule has 2 aromatic carbocycles. The predicted molar refractivity (Wildman–Crippen MR) is 75.9 cm³/mol. The highest BCUT2D eigenvalue weighted by Crippen LogP contribution is 2.34. The molecule has 0 spiro atoms. The molecule has 1 saturated heterocycles. The Balaban J connectivity index is 1.97. The van der Waals surface area contributed by atoms with Crippen LogP contribution in [0.2, 0.25) is 0 Å². The third-order valence-corrected chi connectivity index (χ3v) is 3.49. The highest BCUT2D eigenvalue weighted by molar-refractivity contribution is 5.90. The van der Waals surface area contributed by atoms with E-state index in [-0.39, 0.29) is 6.61 Å². The molecule has 3 rings (SSSR count). The van der Waals surface area contributed by atoms with Gasteiger partial charge in [0.15, 0.2) is 0 Å².